The van der Waals surface area contributed by atoms with Crippen molar-refractivity contribution in [2.24, 2.45) is 5.16 Å². The standard InChI is InChI=1S/C15H15NO4/c1-3-6-14(17)20-16-10(2)12-9-11-7-4-5-8-13(11)19-15(12)18/h4-5,7-9H,3,6H2,1-2H3. The summed E-state index contributed by atoms with van der Waals surface area (Å²) in [5.41, 5.74) is 0.607. The Kier molecular flexibility index (Phi) is 4.30. The minimum absolute atomic E-state index is 0.285. The summed E-state index contributed by atoms with van der Waals surface area (Å²) >= 11 is 0. The minimum atomic E-state index is -0.503. The molecule has 20 heavy (non-hydrogen) atoms. The molecule has 0 aliphatic heterocycles. The molecule has 0 N–H and O–H groups in total. The highest BCUT2D eigenvalue weighted by Crippen LogP contribution is 2.13. The highest BCUT2D eigenvalue weighted by Gasteiger charge is 2.09. The predicted octanol–water partition coefficient (Wildman–Crippen LogP) is 2.86. The van der Waals surface area contributed by atoms with Gasteiger partial charge in [0.2, 0.25) is 0 Å². The van der Waals surface area contributed by atoms with Crippen LogP contribution in [0.4, 0.5) is 0 Å². The number of oxime groups is 1. The highest BCUT2D eigenvalue weighted by molar-refractivity contribution is 6.00. The van der Waals surface area contributed by atoms with E-state index in [0.717, 1.165) is 5.39 Å². The molecule has 0 bridgehead atoms. The van der Waals surface area contributed by atoms with Gasteiger partial charge in [-0.15, -0.1) is 0 Å². The number of hydrogen-bond donors (Lipinski definition) is 0. The Bertz CT molecular complexity index is 715. The van der Waals surface area contributed by atoms with E-state index >= 15 is 0 Å². The summed E-state index contributed by atoms with van der Waals surface area (Å²) in [5.74, 6) is -0.419. The van der Waals surface area contributed by atoms with E-state index in [-0.39, 0.29) is 5.56 Å². The molecule has 0 saturated carbocycles. The molecule has 0 atom stereocenters. The molecule has 0 radical (unpaired) electrons. The van der Waals surface area contributed by atoms with E-state index in [1.807, 2.05) is 19.1 Å². The van der Waals surface area contributed by atoms with Crippen molar-refractivity contribution in [2.45, 2.75) is 26.7 Å². The van der Waals surface area contributed by atoms with Gasteiger partial charge >= 0.3 is 11.6 Å². The number of para-hydroxylation sites is 1. The fourth-order valence-corrected chi connectivity index (χ4v) is 1.73. The van der Waals surface area contributed by atoms with E-state index in [1.54, 1.807) is 25.1 Å². The molecule has 0 aliphatic carbocycles. The van der Waals surface area contributed by atoms with Gasteiger partial charge in [0.25, 0.3) is 0 Å². The normalized spacial score (nSPS) is 11.6. The molecule has 0 spiro atoms. The molecule has 0 unspecified atom stereocenters. The maximum Gasteiger partial charge on any atom is 0.345 e. The van der Waals surface area contributed by atoms with Gasteiger partial charge in [0.05, 0.1) is 11.3 Å². The zero-order valence-corrected chi connectivity index (χ0v) is 11.4. The monoisotopic (exact) mass is 273 g/mol. The first-order valence-electron chi connectivity index (χ1n) is 6.39. The van der Waals surface area contributed by atoms with Gasteiger partial charge in [-0.05, 0) is 25.5 Å². The molecule has 2 rings (SSSR count). The summed E-state index contributed by atoms with van der Waals surface area (Å²) < 4.78 is 5.19. The first kappa shape index (κ1) is 14.0. The third-order valence-corrected chi connectivity index (χ3v) is 2.77. The van der Waals surface area contributed by atoms with Crippen molar-refractivity contribution in [3.63, 3.8) is 0 Å². The molecule has 0 fully saturated rings. The summed E-state index contributed by atoms with van der Waals surface area (Å²) in [7, 11) is 0. The van der Waals surface area contributed by atoms with Gasteiger partial charge in [-0.3, -0.25) is 0 Å². The lowest BCUT2D eigenvalue weighted by molar-refractivity contribution is -0.143. The molecule has 1 heterocycles. The lowest BCUT2D eigenvalue weighted by Gasteiger charge is -2.01. The summed E-state index contributed by atoms with van der Waals surface area (Å²) in [6.07, 6.45) is 0.981. The molecular formula is C15H15NO4. The van der Waals surface area contributed by atoms with Crippen molar-refractivity contribution in [3.05, 3.63) is 46.3 Å². The Labute approximate surface area is 115 Å². The average Bonchev–Trinajstić information content (AvgIpc) is 2.44. The van der Waals surface area contributed by atoms with Crippen LogP contribution in [0.5, 0.6) is 0 Å². The first-order valence-corrected chi connectivity index (χ1v) is 6.39. The van der Waals surface area contributed by atoms with Crippen LogP contribution in [0.3, 0.4) is 0 Å². The molecule has 0 saturated heterocycles. The fraction of sp³-hybridized carbons (Fsp3) is 0.267. The summed E-state index contributed by atoms with van der Waals surface area (Å²) in [5, 5.41) is 4.48. The van der Waals surface area contributed by atoms with Gasteiger partial charge in [-0.25, -0.2) is 9.59 Å². The van der Waals surface area contributed by atoms with Crippen LogP contribution in [0.25, 0.3) is 11.0 Å². The second-order valence-corrected chi connectivity index (χ2v) is 4.38. The van der Waals surface area contributed by atoms with Crippen LogP contribution >= 0.6 is 0 Å². The molecular weight excluding hydrogens is 258 g/mol. The Balaban J connectivity index is 2.32. The second-order valence-electron chi connectivity index (χ2n) is 4.38. The van der Waals surface area contributed by atoms with E-state index in [0.29, 0.717) is 24.1 Å². The first-order chi connectivity index (χ1) is 9.61. The predicted molar refractivity (Wildman–Crippen MR) is 75.7 cm³/mol. The van der Waals surface area contributed by atoms with Crippen LogP contribution in [0.1, 0.15) is 32.3 Å². The van der Waals surface area contributed by atoms with Crippen molar-refractivity contribution >= 4 is 22.7 Å². The van der Waals surface area contributed by atoms with Gasteiger partial charge in [0, 0.05) is 11.8 Å². The topological polar surface area (TPSA) is 68.9 Å². The van der Waals surface area contributed by atoms with Crippen molar-refractivity contribution in [3.8, 4) is 0 Å². The molecule has 0 amide bonds. The van der Waals surface area contributed by atoms with E-state index in [4.69, 9.17) is 9.25 Å². The largest absolute Gasteiger partial charge is 0.422 e. The van der Waals surface area contributed by atoms with Gasteiger partial charge in [0.1, 0.15) is 5.58 Å². The number of hydrogen-bond acceptors (Lipinski definition) is 5. The maximum absolute atomic E-state index is 11.9. The summed E-state index contributed by atoms with van der Waals surface area (Å²) in [4.78, 5) is 27.8. The smallest absolute Gasteiger partial charge is 0.345 e. The molecule has 5 heteroatoms. The SMILES string of the molecule is CCCC(=O)ON=C(C)c1cc2ccccc2oc1=O. The van der Waals surface area contributed by atoms with Gasteiger partial charge in [-0.1, -0.05) is 30.3 Å². The minimum Gasteiger partial charge on any atom is -0.422 e. The lowest BCUT2D eigenvalue weighted by atomic mass is 10.1. The van der Waals surface area contributed by atoms with E-state index in [1.165, 1.54) is 0 Å². The van der Waals surface area contributed by atoms with Crippen molar-refractivity contribution in [1.82, 2.24) is 0 Å². The Hall–Kier alpha value is -2.43. The molecule has 1 aromatic carbocycles. The highest BCUT2D eigenvalue weighted by atomic mass is 16.7. The third kappa shape index (κ3) is 3.12. The second kappa shape index (κ2) is 6.14. The van der Waals surface area contributed by atoms with Gasteiger partial charge in [0.15, 0.2) is 0 Å². The van der Waals surface area contributed by atoms with E-state index < -0.39 is 11.6 Å². The number of carbonyl (C=O) groups is 1. The van der Waals surface area contributed by atoms with Crippen LogP contribution < -0.4 is 5.63 Å². The number of fused-ring (bicyclic) bond motifs is 1. The van der Waals surface area contributed by atoms with Crippen LogP contribution in [-0.2, 0) is 9.63 Å². The van der Waals surface area contributed by atoms with Crippen molar-refractivity contribution in [1.29, 1.82) is 0 Å². The van der Waals surface area contributed by atoms with Gasteiger partial charge < -0.3 is 9.25 Å². The number of carbonyl (C=O) groups excluding carboxylic acids is 1. The third-order valence-electron chi connectivity index (χ3n) is 2.77. The Morgan fingerprint density at radius 2 is 2.10 bits per heavy atom. The summed E-state index contributed by atoms with van der Waals surface area (Å²) in [6.45, 7) is 3.47. The van der Waals surface area contributed by atoms with Crippen molar-refractivity contribution in [2.75, 3.05) is 0 Å². The Morgan fingerprint density at radius 1 is 1.35 bits per heavy atom. The number of nitrogens with zero attached hydrogens (tertiary/aromatic N) is 1. The molecule has 0 aliphatic rings. The average molecular weight is 273 g/mol. The Morgan fingerprint density at radius 3 is 2.85 bits per heavy atom. The molecule has 104 valence electrons. The number of rotatable bonds is 4. The van der Waals surface area contributed by atoms with E-state index in [2.05, 4.69) is 5.16 Å². The summed E-state index contributed by atoms with van der Waals surface area (Å²) in [6, 6.07) is 8.86. The maximum atomic E-state index is 11.9. The molecule has 5 nitrogen and oxygen atoms in total. The lowest BCUT2D eigenvalue weighted by Crippen LogP contribution is -2.13. The molecule has 1 aromatic heterocycles. The quantitative estimate of drug-likeness (QED) is 0.372. The molecule has 2 aromatic rings. The van der Waals surface area contributed by atoms with Crippen LogP contribution in [0.15, 0.2) is 44.7 Å². The van der Waals surface area contributed by atoms with E-state index in [9.17, 15) is 9.59 Å². The van der Waals surface area contributed by atoms with Crippen LogP contribution in [0.2, 0.25) is 0 Å². The zero-order chi connectivity index (χ0) is 14.5. The van der Waals surface area contributed by atoms with Crippen LogP contribution in [-0.4, -0.2) is 11.7 Å². The fourth-order valence-electron chi connectivity index (χ4n) is 1.73. The zero-order valence-electron chi connectivity index (χ0n) is 11.4. The van der Waals surface area contributed by atoms with Gasteiger partial charge in [-0.2, -0.15) is 0 Å². The van der Waals surface area contributed by atoms with Crippen LogP contribution in [0, 0.1) is 0 Å². The van der Waals surface area contributed by atoms with Crippen molar-refractivity contribution < 1.29 is 14.0 Å². The number of benzene rings is 1.